The third-order valence-electron chi connectivity index (χ3n) is 4.72. The van der Waals surface area contributed by atoms with E-state index in [0.717, 1.165) is 31.4 Å². The number of hydrogen-bond acceptors (Lipinski definition) is 4. The molecule has 1 aromatic rings. The molecule has 3 rings (SSSR count). The summed E-state index contributed by atoms with van der Waals surface area (Å²) in [4.78, 5) is 9.70. The summed E-state index contributed by atoms with van der Waals surface area (Å²) in [6.07, 6.45) is 8.57. The summed E-state index contributed by atoms with van der Waals surface area (Å²) >= 11 is 0. The van der Waals surface area contributed by atoms with Gasteiger partial charge in [-0.15, -0.1) is 0 Å². The van der Waals surface area contributed by atoms with Crippen molar-refractivity contribution in [3.8, 4) is 0 Å². The van der Waals surface area contributed by atoms with Crippen LogP contribution in [0.1, 0.15) is 31.2 Å². The predicted molar refractivity (Wildman–Crippen MR) is 83.0 cm³/mol. The zero-order valence-electron chi connectivity index (χ0n) is 12.3. The highest BCUT2D eigenvalue weighted by Crippen LogP contribution is 2.25. The maximum Gasteiger partial charge on any atom is 0.128 e. The third-order valence-corrected chi connectivity index (χ3v) is 4.72. The fourth-order valence-corrected chi connectivity index (χ4v) is 3.50. The van der Waals surface area contributed by atoms with Crippen molar-refractivity contribution in [3.05, 3.63) is 23.9 Å². The number of piperazine rings is 1. The van der Waals surface area contributed by atoms with E-state index in [1.807, 2.05) is 6.20 Å². The normalized spacial score (nSPS) is 21.6. The monoisotopic (exact) mass is 274 g/mol. The van der Waals surface area contributed by atoms with Crippen LogP contribution in [0.2, 0.25) is 0 Å². The van der Waals surface area contributed by atoms with Gasteiger partial charge in [-0.25, -0.2) is 4.98 Å². The molecule has 4 heteroatoms. The van der Waals surface area contributed by atoms with Crippen molar-refractivity contribution in [2.24, 2.45) is 5.73 Å². The van der Waals surface area contributed by atoms with Crippen molar-refractivity contribution < 1.29 is 0 Å². The highest BCUT2D eigenvalue weighted by atomic mass is 15.3. The second-order valence-electron chi connectivity index (χ2n) is 6.02. The minimum atomic E-state index is 0.696. The maximum absolute atomic E-state index is 5.57. The van der Waals surface area contributed by atoms with Crippen LogP contribution in [-0.2, 0) is 6.42 Å². The van der Waals surface area contributed by atoms with Crippen LogP contribution < -0.4 is 10.6 Å². The molecule has 1 aliphatic carbocycles. The molecule has 0 radical (unpaired) electrons. The van der Waals surface area contributed by atoms with Gasteiger partial charge in [0.25, 0.3) is 0 Å². The van der Waals surface area contributed by atoms with Crippen LogP contribution in [-0.4, -0.2) is 48.6 Å². The Morgan fingerprint density at radius 2 is 1.85 bits per heavy atom. The smallest absolute Gasteiger partial charge is 0.128 e. The van der Waals surface area contributed by atoms with Crippen LogP contribution in [0.3, 0.4) is 0 Å². The Labute approximate surface area is 122 Å². The molecular formula is C16H26N4. The Morgan fingerprint density at radius 1 is 1.10 bits per heavy atom. The number of nitrogens with zero attached hydrogens (tertiary/aromatic N) is 3. The van der Waals surface area contributed by atoms with Crippen molar-refractivity contribution in [2.75, 3.05) is 37.6 Å². The average molecular weight is 274 g/mol. The van der Waals surface area contributed by atoms with Gasteiger partial charge in [0.15, 0.2) is 0 Å². The molecule has 0 spiro atoms. The van der Waals surface area contributed by atoms with E-state index in [9.17, 15) is 0 Å². The van der Waals surface area contributed by atoms with E-state index < -0.39 is 0 Å². The van der Waals surface area contributed by atoms with E-state index >= 15 is 0 Å². The summed E-state index contributed by atoms with van der Waals surface area (Å²) in [6, 6.07) is 5.17. The second kappa shape index (κ2) is 6.55. The molecule has 0 bridgehead atoms. The van der Waals surface area contributed by atoms with Gasteiger partial charge in [-0.05, 0) is 37.4 Å². The van der Waals surface area contributed by atoms with Gasteiger partial charge in [-0.1, -0.05) is 18.9 Å². The van der Waals surface area contributed by atoms with Gasteiger partial charge in [-0.3, -0.25) is 4.90 Å². The molecule has 0 aromatic carbocycles. The lowest BCUT2D eigenvalue weighted by molar-refractivity contribution is 0.187. The third kappa shape index (κ3) is 3.13. The highest BCUT2D eigenvalue weighted by Gasteiger charge is 2.26. The number of rotatable bonds is 4. The summed E-state index contributed by atoms with van der Waals surface area (Å²) in [7, 11) is 0. The molecule has 1 saturated carbocycles. The van der Waals surface area contributed by atoms with Crippen LogP contribution >= 0.6 is 0 Å². The molecule has 2 fully saturated rings. The molecule has 1 aliphatic heterocycles. The Bertz CT molecular complexity index is 403. The molecule has 1 aromatic heterocycles. The van der Waals surface area contributed by atoms with Crippen LogP contribution in [0, 0.1) is 0 Å². The average Bonchev–Trinajstić information content (AvgIpc) is 3.03. The van der Waals surface area contributed by atoms with Gasteiger partial charge in [0, 0.05) is 38.4 Å². The molecule has 2 heterocycles. The lowest BCUT2D eigenvalue weighted by atomic mass is 10.1. The largest absolute Gasteiger partial charge is 0.354 e. The van der Waals surface area contributed by atoms with Gasteiger partial charge in [-0.2, -0.15) is 0 Å². The topological polar surface area (TPSA) is 45.4 Å². The van der Waals surface area contributed by atoms with Crippen molar-refractivity contribution >= 4 is 5.82 Å². The van der Waals surface area contributed by atoms with E-state index in [0.29, 0.717) is 6.54 Å². The fourth-order valence-electron chi connectivity index (χ4n) is 3.50. The van der Waals surface area contributed by atoms with Gasteiger partial charge >= 0.3 is 0 Å². The molecule has 110 valence electrons. The maximum atomic E-state index is 5.57. The molecule has 2 N–H and O–H groups in total. The van der Waals surface area contributed by atoms with Crippen LogP contribution in [0.5, 0.6) is 0 Å². The Balaban J connectivity index is 1.54. The first-order valence-electron chi connectivity index (χ1n) is 8.01. The highest BCUT2D eigenvalue weighted by molar-refractivity contribution is 5.40. The first-order valence-corrected chi connectivity index (χ1v) is 8.01. The summed E-state index contributed by atoms with van der Waals surface area (Å²) < 4.78 is 0. The summed E-state index contributed by atoms with van der Waals surface area (Å²) in [5.41, 5.74) is 6.81. The first kappa shape index (κ1) is 13.8. The molecule has 0 unspecified atom stereocenters. The summed E-state index contributed by atoms with van der Waals surface area (Å²) in [6.45, 7) is 5.30. The summed E-state index contributed by atoms with van der Waals surface area (Å²) in [5.74, 6) is 1.12. The zero-order valence-corrected chi connectivity index (χ0v) is 12.3. The van der Waals surface area contributed by atoms with Crippen LogP contribution in [0.25, 0.3) is 0 Å². The van der Waals surface area contributed by atoms with Crippen molar-refractivity contribution in [1.82, 2.24) is 9.88 Å². The Hall–Kier alpha value is -1.13. The molecule has 1 saturated heterocycles. The zero-order chi connectivity index (χ0) is 13.8. The van der Waals surface area contributed by atoms with E-state index in [1.54, 1.807) is 0 Å². The minimum absolute atomic E-state index is 0.696. The molecule has 4 nitrogen and oxygen atoms in total. The van der Waals surface area contributed by atoms with Gasteiger partial charge < -0.3 is 10.6 Å². The SMILES string of the molecule is NCCc1ccc(N2CCN(C3CCCC3)CC2)nc1. The molecule has 2 aliphatic rings. The predicted octanol–water partition coefficient (Wildman–Crippen LogP) is 1.65. The van der Waals surface area contributed by atoms with E-state index in [4.69, 9.17) is 5.73 Å². The van der Waals surface area contributed by atoms with E-state index in [2.05, 4.69) is 26.9 Å². The molecule has 0 atom stereocenters. The number of anilines is 1. The van der Waals surface area contributed by atoms with E-state index in [1.165, 1.54) is 44.3 Å². The van der Waals surface area contributed by atoms with Crippen molar-refractivity contribution in [3.63, 3.8) is 0 Å². The van der Waals surface area contributed by atoms with Crippen LogP contribution in [0.4, 0.5) is 5.82 Å². The van der Waals surface area contributed by atoms with Crippen LogP contribution in [0.15, 0.2) is 18.3 Å². The van der Waals surface area contributed by atoms with Gasteiger partial charge in [0.2, 0.25) is 0 Å². The molecule has 20 heavy (non-hydrogen) atoms. The quantitative estimate of drug-likeness (QED) is 0.907. The number of nitrogens with two attached hydrogens (primary N) is 1. The van der Waals surface area contributed by atoms with Crippen molar-refractivity contribution in [1.29, 1.82) is 0 Å². The minimum Gasteiger partial charge on any atom is -0.354 e. The standard InChI is InChI=1S/C16H26N4/c17-8-7-14-5-6-16(18-13-14)20-11-9-19(10-12-20)15-3-1-2-4-15/h5-6,13,15H,1-4,7-12,17H2. The fraction of sp³-hybridized carbons (Fsp3) is 0.688. The molecule has 0 amide bonds. The van der Waals surface area contributed by atoms with Gasteiger partial charge in [0.1, 0.15) is 5.82 Å². The second-order valence-corrected chi connectivity index (χ2v) is 6.02. The number of aromatic nitrogens is 1. The lowest BCUT2D eigenvalue weighted by Crippen LogP contribution is -2.49. The van der Waals surface area contributed by atoms with Gasteiger partial charge in [0.05, 0.1) is 0 Å². The Morgan fingerprint density at radius 3 is 2.45 bits per heavy atom. The number of pyridine rings is 1. The van der Waals surface area contributed by atoms with Crippen molar-refractivity contribution in [2.45, 2.75) is 38.1 Å². The number of hydrogen-bond donors (Lipinski definition) is 1. The first-order chi connectivity index (χ1) is 9.86. The molecular weight excluding hydrogens is 248 g/mol. The Kier molecular flexibility index (Phi) is 4.53. The van der Waals surface area contributed by atoms with E-state index in [-0.39, 0.29) is 0 Å². The summed E-state index contributed by atoms with van der Waals surface area (Å²) in [5, 5.41) is 0. The lowest BCUT2D eigenvalue weighted by Gasteiger charge is -2.38.